The van der Waals surface area contributed by atoms with Gasteiger partial charge >= 0.3 is 0 Å². The van der Waals surface area contributed by atoms with Gasteiger partial charge in [-0.15, -0.1) is 0 Å². The summed E-state index contributed by atoms with van der Waals surface area (Å²) in [4.78, 5) is 32.3. The number of carbonyl (C=O) groups excluding carboxylic acids is 2. The fraction of sp³-hybridized carbons (Fsp3) is 0.161. The lowest BCUT2D eigenvalue weighted by Crippen LogP contribution is -2.49. The van der Waals surface area contributed by atoms with Crippen LogP contribution in [-0.4, -0.2) is 51.3 Å². The summed E-state index contributed by atoms with van der Waals surface area (Å²) in [5.74, 6) is -1.04. The van der Waals surface area contributed by atoms with Gasteiger partial charge in [0, 0.05) is 31.7 Å². The van der Waals surface area contributed by atoms with E-state index in [9.17, 15) is 22.4 Å². The van der Waals surface area contributed by atoms with Crippen LogP contribution < -0.4 is 9.80 Å². The number of para-hydroxylation sites is 1. The van der Waals surface area contributed by atoms with Gasteiger partial charge in [0.15, 0.2) is 0 Å². The van der Waals surface area contributed by atoms with Gasteiger partial charge in [0.05, 0.1) is 33.3 Å². The lowest BCUT2D eigenvalue weighted by molar-refractivity contribution is 0.0746. The van der Waals surface area contributed by atoms with E-state index in [4.69, 9.17) is 0 Å². The molecule has 0 atom stereocenters. The molecule has 0 bridgehead atoms. The third kappa shape index (κ3) is 4.52. The van der Waals surface area contributed by atoms with Crippen LogP contribution >= 0.6 is 0 Å². The second kappa shape index (κ2) is 10.2. The van der Waals surface area contributed by atoms with Crippen LogP contribution in [0.2, 0.25) is 0 Å². The molecule has 2 heterocycles. The highest BCUT2D eigenvalue weighted by atomic mass is 32.2. The number of anilines is 2. The maximum absolute atomic E-state index is 14.3. The number of nitrogens with zero attached hydrogens (tertiary/aromatic N) is 3. The smallest absolute Gasteiger partial charge is 0.259 e. The molecule has 0 aromatic heterocycles. The largest absolute Gasteiger partial charge is 0.366 e. The number of amides is 2. The van der Waals surface area contributed by atoms with Crippen LogP contribution in [0.15, 0.2) is 107 Å². The van der Waals surface area contributed by atoms with E-state index in [-0.39, 0.29) is 44.9 Å². The molecular formula is C31H26FN3O4S. The highest BCUT2D eigenvalue weighted by Gasteiger charge is 2.36. The predicted molar refractivity (Wildman–Crippen MR) is 150 cm³/mol. The standard InChI is InChI=1S/C31H26FN3O4S/c32-25-11-5-6-12-26(25)33-16-18-34(19-17-33)30(36)23-14-15-29-27(20-23)35(21-22-8-2-1-3-9-22)31(37)24-10-4-7-13-28(24)40(29,38)39/h1-15,20H,16-19,21H2. The SMILES string of the molecule is O=C(c1ccc2c(c1)N(Cc1ccccc1)C(=O)c1ccccc1S2(=O)=O)N1CCN(c2ccccc2F)CC1. The van der Waals surface area contributed by atoms with Crippen LogP contribution in [0.5, 0.6) is 0 Å². The summed E-state index contributed by atoms with van der Waals surface area (Å²) in [5.41, 5.74) is 1.86. The monoisotopic (exact) mass is 555 g/mol. The first kappa shape index (κ1) is 25.8. The summed E-state index contributed by atoms with van der Waals surface area (Å²) in [7, 11) is -4.03. The molecule has 4 aromatic rings. The van der Waals surface area contributed by atoms with E-state index in [0.29, 0.717) is 31.9 Å². The van der Waals surface area contributed by atoms with E-state index in [2.05, 4.69) is 0 Å². The molecule has 2 amide bonds. The minimum Gasteiger partial charge on any atom is -0.366 e. The van der Waals surface area contributed by atoms with Crippen LogP contribution in [0.4, 0.5) is 15.8 Å². The van der Waals surface area contributed by atoms with E-state index in [1.807, 2.05) is 35.2 Å². The van der Waals surface area contributed by atoms with Crippen molar-refractivity contribution in [2.24, 2.45) is 0 Å². The number of fused-ring (bicyclic) bond motifs is 2. The van der Waals surface area contributed by atoms with Gasteiger partial charge in [-0.2, -0.15) is 0 Å². The number of hydrogen-bond acceptors (Lipinski definition) is 5. The van der Waals surface area contributed by atoms with E-state index in [1.54, 1.807) is 35.2 Å². The van der Waals surface area contributed by atoms with Crippen LogP contribution in [0.3, 0.4) is 0 Å². The lowest BCUT2D eigenvalue weighted by Gasteiger charge is -2.36. The van der Waals surface area contributed by atoms with Gasteiger partial charge in [0.25, 0.3) is 11.8 Å². The van der Waals surface area contributed by atoms with Gasteiger partial charge in [-0.05, 0) is 48.0 Å². The Morgan fingerprint density at radius 3 is 2.17 bits per heavy atom. The van der Waals surface area contributed by atoms with Crippen molar-refractivity contribution in [2.45, 2.75) is 16.3 Å². The lowest BCUT2D eigenvalue weighted by atomic mass is 10.1. The minimum atomic E-state index is -4.03. The number of benzene rings is 4. The first-order chi connectivity index (χ1) is 19.3. The first-order valence-electron chi connectivity index (χ1n) is 13.0. The third-order valence-corrected chi connectivity index (χ3v) is 9.24. The third-order valence-electron chi connectivity index (χ3n) is 7.38. The van der Waals surface area contributed by atoms with Crippen molar-refractivity contribution in [3.05, 3.63) is 120 Å². The van der Waals surface area contributed by atoms with Crippen molar-refractivity contribution >= 4 is 33.0 Å². The number of hydrogen-bond donors (Lipinski definition) is 0. The van der Waals surface area contributed by atoms with Crippen LogP contribution in [0, 0.1) is 5.82 Å². The minimum absolute atomic E-state index is 0.0253. The molecule has 1 fully saturated rings. The maximum atomic E-state index is 14.3. The Morgan fingerprint density at radius 1 is 0.750 bits per heavy atom. The summed E-state index contributed by atoms with van der Waals surface area (Å²) < 4.78 is 41.7. The van der Waals surface area contributed by atoms with E-state index in [1.165, 1.54) is 41.3 Å². The number of rotatable bonds is 4. The van der Waals surface area contributed by atoms with E-state index >= 15 is 0 Å². The van der Waals surface area contributed by atoms with Gasteiger partial charge < -0.3 is 14.7 Å². The molecule has 6 rings (SSSR count). The zero-order valence-corrected chi connectivity index (χ0v) is 22.4. The summed E-state index contributed by atoms with van der Waals surface area (Å²) in [6.07, 6.45) is 0. The molecule has 0 unspecified atom stereocenters. The number of sulfone groups is 1. The van der Waals surface area contributed by atoms with Gasteiger partial charge in [-0.1, -0.05) is 54.6 Å². The predicted octanol–water partition coefficient (Wildman–Crippen LogP) is 4.78. The van der Waals surface area contributed by atoms with Crippen molar-refractivity contribution in [3.63, 3.8) is 0 Å². The van der Waals surface area contributed by atoms with Crippen molar-refractivity contribution in [2.75, 3.05) is 36.0 Å². The molecule has 0 spiro atoms. The fourth-order valence-corrected chi connectivity index (χ4v) is 6.93. The van der Waals surface area contributed by atoms with Crippen LogP contribution in [0.1, 0.15) is 26.3 Å². The van der Waals surface area contributed by atoms with Gasteiger partial charge in [0.1, 0.15) is 5.82 Å². The molecule has 40 heavy (non-hydrogen) atoms. The molecule has 7 nitrogen and oxygen atoms in total. The molecule has 1 saturated heterocycles. The molecule has 202 valence electrons. The molecule has 0 N–H and O–H groups in total. The quantitative estimate of drug-likeness (QED) is 0.362. The summed E-state index contributed by atoms with van der Waals surface area (Å²) in [5, 5.41) is 0. The molecule has 2 aliphatic rings. The van der Waals surface area contributed by atoms with Crippen molar-refractivity contribution in [3.8, 4) is 0 Å². The van der Waals surface area contributed by atoms with Gasteiger partial charge in [0.2, 0.25) is 9.84 Å². The number of carbonyl (C=O) groups is 2. The zero-order valence-electron chi connectivity index (χ0n) is 21.5. The molecular weight excluding hydrogens is 529 g/mol. The Bertz CT molecular complexity index is 1720. The highest BCUT2D eigenvalue weighted by Crippen LogP contribution is 2.38. The van der Waals surface area contributed by atoms with Crippen molar-refractivity contribution in [1.82, 2.24) is 4.90 Å². The van der Waals surface area contributed by atoms with Gasteiger partial charge in [-0.25, -0.2) is 12.8 Å². The topological polar surface area (TPSA) is 78.0 Å². The molecule has 0 radical (unpaired) electrons. The normalized spacial score (nSPS) is 16.2. The first-order valence-corrected chi connectivity index (χ1v) is 14.5. The molecule has 4 aromatic carbocycles. The summed E-state index contributed by atoms with van der Waals surface area (Å²) in [6, 6.07) is 26.5. The van der Waals surface area contributed by atoms with Crippen LogP contribution in [-0.2, 0) is 16.4 Å². The average Bonchev–Trinajstić information content (AvgIpc) is 3.05. The second-order valence-electron chi connectivity index (χ2n) is 9.79. The molecule has 9 heteroatoms. The van der Waals surface area contributed by atoms with Crippen LogP contribution in [0.25, 0.3) is 0 Å². The zero-order chi connectivity index (χ0) is 27.9. The summed E-state index contributed by atoms with van der Waals surface area (Å²) in [6.45, 7) is 1.80. The van der Waals surface area contributed by atoms with Crippen molar-refractivity contribution in [1.29, 1.82) is 0 Å². The summed E-state index contributed by atoms with van der Waals surface area (Å²) >= 11 is 0. The highest BCUT2D eigenvalue weighted by molar-refractivity contribution is 7.91. The molecule has 0 aliphatic carbocycles. The molecule has 2 aliphatic heterocycles. The van der Waals surface area contributed by atoms with E-state index in [0.717, 1.165) is 5.56 Å². The fourth-order valence-electron chi connectivity index (χ4n) is 5.30. The average molecular weight is 556 g/mol. The Morgan fingerprint density at radius 2 is 1.43 bits per heavy atom. The van der Waals surface area contributed by atoms with Gasteiger partial charge in [-0.3, -0.25) is 9.59 Å². The number of halogens is 1. The van der Waals surface area contributed by atoms with Crippen molar-refractivity contribution < 1.29 is 22.4 Å². The Hall–Kier alpha value is -4.50. The second-order valence-corrected chi connectivity index (χ2v) is 11.7. The maximum Gasteiger partial charge on any atom is 0.259 e. The number of piperazine rings is 1. The van der Waals surface area contributed by atoms with E-state index < -0.39 is 15.7 Å². The Kier molecular flexibility index (Phi) is 6.59. The Labute approximate surface area is 232 Å². The molecule has 0 saturated carbocycles. The Balaban J connectivity index is 1.35.